The van der Waals surface area contributed by atoms with E-state index in [0.29, 0.717) is 0 Å². The van der Waals surface area contributed by atoms with Gasteiger partial charge in [0.05, 0.1) is 5.60 Å². The third-order valence-electron chi connectivity index (χ3n) is 5.71. The standard InChI is InChI=1S/C19H26N2O/c1-14-12-15(2)18-16(4-8-20-18)17(14)13-21-9-6-19(7-10-21)5-3-11-22-19/h4,8,12,20H,3,5-7,9-11,13H2,1-2H3. The molecule has 0 atom stereocenters. The van der Waals surface area contributed by atoms with E-state index in [4.69, 9.17) is 4.74 Å². The van der Waals surface area contributed by atoms with Crippen molar-refractivity contribution in [3.8, 4) is 0 Å². The normalized spacial score (nSPS) is 21.9. The van der Waals surface area contributed by atoms with Gasteiger partial charge in [0.15, 0.2) is 0 Å². The Kier molecular flexibility index (Phi) is 3.50. The number of aryl methyl sites for hydroxylation is 2. The molecule has 1 spiro atoms. The predicted molar refractivity (Wildman–Crippen MR) is 90.2 cm³/mol. The van der Waals surface area contributed by atoms with Crippen LogP contribution in [0.2, 0.25) is 0 Å². The van der Waals surface area contributed by atoms with Crippen LogP contribution in [0.5, 0.6) is 0 Å². The molecule has 1 aromatic carbocycles. The molecule has 4 rings (SSSR count). The molecule has 0 bridgehead atoms. The minimum absolute atomic E-state index is 0.224. The van der Waals surface area contributed by atoms with Crippen molar-refractivity contribution >= 4 is 10.9 Å². The fraction of sp³-hybridized carbons (Fsp3) is 0.579. The van der Waals surface area contributed by atoms with Crippen molar-refractivity contribution in [3.05, 3.63) is 35.0 Å². The van der Waals surface area contributed by atoms with E-state index >= 15 is 0 Å². The van der Waals surface area contributed by atoms with Gasteiger partial charge >= 0.3 is 0 Å². The highest BCUT2D eigenvalue weighted by Crippen LogP contribution is 2.36. The van der Waals surface area contributed by atoms with E-state index in [1.807, 2.05) is 0 Å². The van der Waals surface area contributed by atoms with E-state index < -0.39 is 0 Å². The Morgan fingerprint density at radius 2 is 2.00 bits per heavy atom. The van der Waals surface area contributed by atoms with Gasteiger partial charge in [0.25, 0.3) is 0 Å². The van der Waals surface area contributed by atoms with Gasteiger partial charge in [-0.1, -0.05) is 6.07 Å². The Morgan fingerprint density at radius 3 is 2.73 bits per heavy atom. The first-order valence-corrected chi connectivity index (χ1v) is 8.59. The number of rotatable bonds is 2. The highest BCUT2D eigenvalue weighted by atomic mass is 16.5. The zero-order valence-corrected chi connectivity index (χ0v) is 13.7. The van der Waals surface area contributed by atoms with Crippen molar-refractivity contribution in [3.63, 3.8) is 0 Å². The molecular formula is C19H26N2O. The molecule has 0 unspecified atom stereocenters. The summed E-state index contributed by atoms with van der Waals surface area (Å²) < 4.78 is 6.05. The van der Waals surface area contributed by atoms with Gasteiger partial charge in [0, 0.05) is 43.3 Å². The molecule has 0 saturated carbocycles. The summed E-state index contributed by atoms with van der Waals surface area (Å²) in [7, 11) is 0. The SMILES string of the molecule is Cc1cc(C)c2[nH]ccc2c1CN1CCC2(CCCO2)CC1. The zero-order valence-electron chi connectivity index (χ0n) is 13.7. The monoisotopic (exact) mass is 298 g/mol. The number of nitrogens with zero attached hydrogens (tertiary/aromatic N) is 1. The third kappa shape index (κ3) is 2.37. The van der Waals surface area contributed by atoms with Crippen LogP contribution in [0.25, 0.3) is 10.9 Å². The number of nitrogens with one attached hydrogen (secondary N) is 1. The molecule has 1 aromatic heterocycles. The molecule has 0 aliphatic carbocycles. The fourth-order valence-corrected chi connectivity index (χ4v) is 4.35. The maximum atomic E-state index is 6.05. The first-order valence-electron chi connectivity index (χ1n) is 8.59. The van der Waals surface area contributed by atoms with Crippen molar-refractivity contribution in [1.82, 2.24) is 9.88 Å². The lowest BCUT2D eigenvalue weighted by Crippen LogP contribution is -2.43. The number of hydrogen-bond donors (Lipinski definition) is 1. The first kappa shape index (κ1) is 14.3. The molecular weight excluding hydrogens is 272 g/mol. The summed E-state index contributed by atoms with van der Waals surface area (Å²) in [5.41, 5.74) is 5.78. The Morgan fingerprint density at radius 1 is 1.18 bits per heavy atom. The van der Waals surface area contributed by atoms with Crippen molar-refractivity contribution < 1.29 is 4.74 Å². The Bertz CT molecular complexity index is 672. The number of H-pyrrole nitrogens is 1. The van der Waals surface area contributed by atoms with Gasteiger partial charge in [-0.05, 0) is 62.3 Å². The van der Waals surface area contributed by atoms with Crippen LogP contribution < -0.4 is 0 Å². The number of benzene rings is 1. The topological polar surface area (TPSA) is 28.3 Å². The summed E-state index contributed by atoms with van der Waals surface area (Å²) in [4.78, 5) is 6.00. The van der Waals surface area contributed by atoms with Crippen LogP contribution in [-0.4, -0.2) is 35.2 Å². The molecule has 2 aromatic rings. The van der Waals surface area contributed by atoms with Gasteiger partial charge in [-0.15, -0.1) is 0 Å². The predicted octanol–water partition coefficient (Wildman–Crippen LogP) is 3.93. The largest absolute Gasteiger partial charge is 0.375 e. The van der Waals surface area contributed by atoms with Crippen LogP contribution >= 0.6 is 0 Å². The number of hydrogen-bond acceptors (Lipinski definition) is 2. The number of ether oxygens (including phenoxy) is 1. The maximum absolute atomic E-state index is 6.05. The van der Waals surface area contributed by atoms with E-state index in [1.54, 1.807) is 0 Å². The minimum Gasteiger partial charge on any atom is -0.375 e. The van der Waals surface area contributed by atoms with Crippen molar-refractivity contribution in [1.29, 1.82) is 0 Å². The summed E-state index contributed by atoms with van der Waals surface area (Å²) in [5, 5.41) is 1.40. The highest BCUT2D eigenvalue weighted by molar-refractivity contribution is 5.86. The number of piperidine rings is 1. The molecule has 1 N–H and O–H groups in total. The Hall–Kier alpha value is -1.32. The molecule has 0 radical (unpaired) electrons. The van der Waals surface area contributed by atoms with E-state index in [-0.39, 0.29) is 5.60 Å². The average Bonchev–Trinajstić information content (AvgIpc) is 3.15. The summed E-state index contributed by atoms with van der Waals surface area (Å²) in [6.07, 6.45) is 6.99. The lowest BCUT2D eigenvalue weighted by molar-refractivity contribution is -0.0447. The van der Waals surface area contributed by atoms with Gasteiger partial charge in [-0.3, -0.25) is 4.90 Å². The molecule has 2 aliphatic heterocycles. The summed E-state index contributed by atoms with van der Waals surface area (Å²) >= 11 is 0. The van der Waals surface area contributed by atoms with E-state index in [1.165, 1.54) is 66.4 Å². The first-order chi connectivity index (χ1) is 10.7. The number of likely N-dealkylation sites (tertiary alicyclic amines) is 1. The zero-order chi connectivity index (χ0) is 15.2. The van der Waals surface area contributed by atoms with E-state index in [2.05, 4.69) is 42.1 Å². The van der Waals surface area contributed by atoms with Crippen LogP contribution in [0.3, 0.4) is 0 Å². The molecule has 2 fully saturated rings. The molecule has 3 heteroatoms. The van der Waals surface area contributed by atoms with Crippen molar-refractivity contribution in [2.75, 3.05) is 19.7 Å². The number of fused-ring (bicyclic) bond motifs is 1. The Balaban J connectivity index is 1.54. The molecule has 118 valence electrons. The van der Waals surface area contributed by atoms with Gasteiger partial charge in [0.2, 0.25) is 0 Å². The summed E-state index contributed by atoms with van der Waals surface area (Å²) in [6, 6.07) is 4.55. The quantitative estimate of drug-likeness (QED) is 0.910. The summed E-state index contributed by atoms with van der Waals surface area (Å²) in [6.45, 7) is 8.81. The van der Waals surface area contributed by atoms with Gasteiger partial charge < -0.3 is 9.72 Å². The van der Waals surface area contributed by atoms with Gasteiger partial charge in [0.1, 0.15) is 0 Å². The fourth-order valence-electron chi connectivity index (χ4n) is 4.35. The summed E-state index contributed by atoms with van der Waals surface area (Å²) in [5.74, 6) is 0. The molecule has 2 saturated heterocycles. The van der Waals surface area contributed by atoms with Crippen molar-refractivity contribution in [2.24, 2.45) is 0 Å². The van der Waals surface area contributed by atoms with Crippen LogP contribution in [0.1, 0.15) is 42.4 Å². The maximum Gasteiger partial charge on any atom is 0.0707 e. The minimum atomic E-state index is 0.224. The van der Waals surface area contributed by atoms with Crippen molar-refractivity contribution in [2.45, 2.75) is 51.7 Å². The number of aromatic nitrogens is 1. The second kappa shape index (κ2) is 5.39. The molecule has 2 aliphatic rings. The smallest absolute Gasteiger partial charge is 0.0707 e. The molecule has 3 nitrogen and oxygen atoms in total. The lowest BCUT2D eigenvalue weighted by atomic mass is 9.88. The van der Waals surface area contributed by atoms with Crippen LogP contribution in [0.15, 0.2) is 18.3 Å². The second-order valence-corrected chi connectivity index (χ2v) is 7.17. The van der Waals surface area contributed by atoms with E-state index in [0.717, 1.165) is 13.2 Å². The van der Waals surface area contributed by atoms with Gasteiger partial charge in [-0.25, -0.2) is 0 Å². The molecule has 3 heterocycles. The van der Waals surface area contributed by atoms with Gasteiger partial charge in [-0.2, -0.15) is 0 Å². The van der Waals surface area contributed by atoms with Crippen LogP contribution in [-0.2, 0) is 11.3 Å². The lowest BCUT2D eigenvalue weighted by Gasteiger charge is -2.38. The van der Waals surface area contributed by atoms with Crippen LogP contribution in [0.4, 0.5) is 0 Å². The molecule has 22 heavy (non-hydrogen) atoms. The molecule has 0 amide bonds. The third-order valence-corrected chi connectivity index (χ3v) is 5.71. The highest BCUT2D eigenvalue weighted by Gasteiger charge is 2.38. The van der Waals surface area contributed by atoms with E-state index in [9.17, 15) is 0 Å². The van der Waals surface area contributed by atoms with Crippen LogP contribution in [0, 0.1) is 13.8 Å². The Labute approximate surface area is 132 Å². The number of aromatic amines is 1. The second-order valence-electron chi connectivity index (χ2n) is 7.17. The average molecular weight is 298 g/mol.